The molecule has 1 aromatic rings. The highest BCUT2D eigenvalue weighted by molar-refractivity contribution is 7.99. The summed E-state index contributed by atoms with van der Waals surface area (Å²) in [5.74, 6) is 1.06. The van der Waals surface area contributed by atoms with Crippen LogP contribution in [0.15, 0.2) is 24.3 Å². The molecule has 1 unspecified atom stereocenters. The van der Waals surface area contributed by atoms with E-state index in [1.807, 2.05) is 0 Å². The van der Waals surface area contributed by atoms with Crippen molar-refractivity contribution in [2.24, 2.45) is 5.92 Å². The molecule has 0 radical (unpaired) electrons. The molecule has 22 heavy (non-hydrogen) atoms. The molecule has 0 bridgehead atoms. The number of nitrogens with zero attached hydrogens (tertiary/aromatic N) is 1. The van der Waals surface area contributed by atoms with Gasteiger partial charge in [-0.3, -0.25) is 9.59 Å². The van der Waals surface area contributed by atoms with Crippen LogP contribution in [0, 0.1) is 11.7 Å². The third-order valence-corrected chi connectivity index (χ3v) is 5.08. The lowest BCUT2D eigenvalue weighted by atomic mass is 10.1. The van der Waals surface area contributed by atoms with Gasteiger partial charge in [0, 0.05) is 12.3 Å². The number of amides is 2. The van der Waals surface area contributed by atoms with Crippen LogP contribution in [0.1, 0.15) is 18.4 Å². The van der Waals surface area contributed by atoms with Crippen LogP contribution < -0.4 is 5.32 Å². The number of hydrogen-bond donors (Lipinski definition) is 1. The third kappa shape index (κ3) is 3.61. The maximum atomic E-state index is 13.7. The first-order valence-electron chi connectivity index (χ1n) is 7.53. The molecule has 2 amide bonds. The number of hydrogen-bond acceptors (Lipinski definition) is 3. The minimum Gasteiger partial charge on any atom is -0.354 e. The summed E-state index contributed by atoms with van der Waals surface area (Å²) < 4.78 is 13.7. The number of benzene rings is 1. The highest BCUT2D eigenvalue weighted by Crippen LogP contribution is 2.28. The molecule has 0 aromatic heterocycles. The normalized spacial score (nSPS) is 21.0. The Balaban J connectivity index is 1.60. The lowest BCUT2D eigenvalue weighted by Gasteiger charge is -2.23. The lowest BCUT2D eigenvalue weighted by Crippen LogP contribution is -2.48. The summed E-state index contributed by atoms with van der Waals surface area (Å²) in [7, 11) is 0. The topological polar surface area (TPSA) is 49.4 Å². The van der Waals surface area contributed by atoms with Gasteiger partial charge < -0.3 is 10.2 Å². The van der Waals surface area contributed by atoms with Gasteiger partial charge in [-0.05, 0) is 30.4 Å². The Bertz CT molecular complexity index is 577. The number of nitrogens with one attached hydrogen (secondary N) is 1. The Morgan fingerprint density at radius 1 is 1.32 bits per heavy atom. The molecule has 1 N–H and O–H groups in total. The summed E-state index contributed by atoms with van der Waals surface area (Å²) in [5, 5.41) is 2.93. The van der Waals surface area contributed by atoms with Crippen molar-refractivity contribution in [2.45, 2.75) is 25.3 Å². The largest absolute Gasteiger partial charge is 0.354 e. The molecule has 1 atom stereocenters. The standard InChI is InChI=1S/C16H19FN2O2S/c17-13-4-2-1-3-12(13)7-15(20)19-10-22-9-14(19)16(21)18-8-11-5-6-11/h1-4,11,14H,5-10H2,(H,18,21). The minimum absolute atomic E-state index is 0.000359. The summed E-state index contributed by atoms with van der Waals surface area (Å²) in [6.07, 6.45) is 2.35. The summed E-state index contributed by atoms with van der Waals surface area (Å²) >= 11 is 1.56. The molecule has 1 aliphatic heterocycles. The summed E-state index contributed by atoms with van der Waals surface area (Å²) in [5.41, 5.74) is 0.376. The van der Waals surface area contributed by atoms with Crippen molar-refractivity contribution in [3.63, 3.8) is 0 Å². The Morgan fingerprint density at radius 3 is 2.82 bits per heavy atom. The van der Waals surface area contributed by atoms with Crippen molar-refractivity contribution in [3.05, 3.63) is 35.6 Å². The van der Waals surface area contributed by atoms with Gasteiger partial charge in [-0.15, -0.1) is 11.8 Å². The van der Waals surface area contributed by atoms with E-state index in [-0.39, 0.29) is 24.1 Å². The maximum Gasteiger partial charge on any atom is 0.243 e. The Morgan fingerprint density at radius 2 is 2.09 bits per heavy atom. The number of carbonyl (C=O) groups is 2. The smallest absolute Gasteiger partial charge is 0.243 e. The molecule has 2 fully saturated rings. The predicted octanol–water partition coefficient (Wildman–Crippen LogP) is 1.80. The number of carbonyl (C=O) groups excluding carboxylic acids is 2. The van der Waals surface area contributed by atoms with Crippen molar-refractivity contribution in [1.29, 1.82) is 0 Å². The van der Waals surface area contributed by atoms with Crippen LogP contribution in [-0.2, 0) is 16.0 Å². The molecule has 4 nitrogen and oxygen atoms in total. The maximum absolute atomic E-state index is 13.7. The summed E-state index contributed by atoms with van der Waals surface area (Å²) in [6.45, 7) is 0.704. The first-order valence-corrected chi connectivity index (χ1v) is 8.69. The van der Waals surface area contributed by atoms with E-state index in [0.717, 1.165) is 0 Å². The molecule has 1 aliphatic carbocycles. The lowest BCUT2D eigenvalue weighted by molar-refractivity contribution is -0.137. The van der Waals surface area contributed by atoms with E-state index < -0.39 is 6.04 Å². The number of thioether (sulfide) groups is 1. The zero-order valence-electron chi connectivity index (χ0n) is 12.3. The monoisotopic (exact) mass is 322 g/mol. The molecular formula is C16H19FN2O2S. The van der Waals surface area contributed by atoms with E-state index in [9.17, 15) is 14.0 Å². The van der Waals surface area contributed by atoms with Crippen molar-refractivity contribution in [2.75, 3.05) is 18.2 Å². The fraction of sp³-hybridized carbons (Fsp3) is 0.500. The number of rotatable bonds is 5. The quantitative estimate of drug-likeness (QED) is 0.899. The van der Waals surface area contributed by atoms with Crippen molar-refractivity contribution >= 4 is 23.6 Å². The van der Waals surface area contributed by atoms with Gasteiger partial charge in [0.25, 0.3) is 0 Å². The SMILES string of the molecule is O=C(NCC1CC1)C1CSCN1C(=O)Cc1ccccc1F. The fourth-order valence-electron chi connectivity index (χ4n) is 2.50. The minimum atomic E-state index is -0.428. The van der Waals surface area contributed by atoms with E-state index >= 15 is 0 Å². The van der Waals surface area contributed by atoms with Crippen LogP contribution in [0.25, 0.3) is 0 Å². The van der Waals surface area contributed by atoms with Crippen LogP contribution >= 0.6 is 11.8 Å². The van der Waals surface area contributed by atoms with E-state index in [1.165, 1.54) is 18.9 Å². The van der Waals surface area contributed by atoms with Crippen LogP contribution in [0.2, 0.25) is 0 Å². The van der Waals surface area contributed by atoms with Gasteiger partial charge in [-0.1, -0.05) is 18.2 Å². The molecule has 118 valence electrons. The van der Waals surface area contributed by atoms with Gasteiger partial charge in [0.05, 0.1) is 12.3 Å². The van der Waals surface area contributed by atoms with Gasteiger partial charge in [-0.2, -0.15) is 0 Å². The third-order valence-electron chi connectivity index (χ3n) is 4.07. The van der Waals surface area contributed by atoms with Crippen molar-refractivity contribution < 1.29 is 14.0 Å². The first-order chi connectivity index (χ1) is 10.6. The molecule has 3 rings (SSSR count). The Hall–Kier alpha value is -1.56. The molecule has 1 saturated carbocycles. The zero-order valence-corrected chi connectivity index (χ0v) is 13.1. The molecule has 1 heterocycles. The molecule has 1 saturated heterocycles. The van der Waals surface area contributed by atoms with E-state index in [2.05, 4.69) is 5.32 Å². The molecule has 0 spiro atoms. The molecule has 2 aliphatic rings. The van der Waals surface area contributed by atoms with Gasteiger partial charge in [0.2, 0.25) is 11.8 Å². The van der Waals surface area contributed by atoms with Crippen LogP contribution in [0.4, 0.5) is 4.39 Å². The van der Waals surface area contributed by atoms with Gasteiger partial charge in [0.1, 0.15) is 11.9 Å². The fourth-order valence-corrected chi connectivity index (χ4v) is 3.68. The van der Waals surface area contributed by atoms with E-state index in [0.29, 0.717) is 29.7 Å². The van der Waals surface area contributed by atoms with Crippen molar-refractivity contribution in [1.82, 2.24) is 10.2 Å². The van der Waals surface area contributed by atoms with Gasteiger partial charge in [0.15, 0.2) is 0 Å². The average Bonchev–Trinajstić information content (AvgIpc) is 3.21. The van der Waals surface area contributed by atoms with Gasteiger partial charge in [-0.25, -0.2) is 4.39 Å². The predicted molar refractivity (Wildman–Crippen MR) is 83.8 cm³/mol. The summed E-state index contributed by atoms with van der Waals surface area (Å²) in [6, 6.07) is 5.84. The Labute approximate surface area is 133 Å². The summed E-state index contributed by atoms with van der Waals surface area (Å²) in [4.78, 5) is 26.2. The highest BCUT2D eigenvalue weighted by atomic mass is 32.2. The van der Waals surface area contributed by atoms with Crippen LogP contribution in [-0.4, -0.2) is 40.9 Å². The van der Waals surface area contributed by atoms with Crippen LogP contribution in [0.5, 0.6) is 0 Å². The first kappa shape index (κ1) is 15.3. The molecular weight excluding hydrogens is 303 g/mol. The average molecular weight is 322 g/mol. The van der Waals surface area contributed by atoms with Gasteiger partial charge >= 0.3 is 0 Å². The van der Waals surface area contributed by atoms with Crippen molar-refractivity contribution in [3.8, 4) is 0 Å². The second-order valence-corrected chi connectivity index (χ2v) is 6.84. The second kappa shape index (κ2) is 6.69. The molecule has 6 heteroatoms. The van der Waals surface area contributed by atoms with Crippen LogP contribution in [0.3, 0.4) is 0 Å². The van der Waals surface area contributed by atoms with E-state index in [1.54, 1.807) is 34.9 Å². The van der Waals surface area contributed by atoms with E-state index in [4.69, 9.17) is 0 Å². The zero-order chi connectivity index (χ0) is 15.5. The Kier molecular flexibility index (Phi) is 4.66. The molecule has 1 aromatic carbocycles. The number of halogens is 1. The second-order valence-electron chi connectivity index (χ2n) is 5.84. The highest BCUT2D eigenvalue weighted by Gasteiger charge is 2.35.